The predicted octanol–water partition coefficient (Wildman–Crippen LogP) is -0.420. The van der Waals surface area contributed by atoms with Crippen molar-refractivity contribution in [3.05, 3.63) is 23.9 Å². The van der Waals surface area contributed by atoms with E-state index in [1.165, 1.54) is 6.92 Å². The molecule has 0 aromatic rings. The van der Waals surface area contributed by atoms with E-state index in [4.69, 9.17) is 11.5 Å². The van der Waals surface area contributed by atoms with E-state index in [9.17, 15) is 4.79 Å². The third-order valence-electron chi connectivity index (χ3n) is 1.57. The van der Waals surface area contributed by atoms with Gasteiger partial charge in [0.25, 0.3) is 0 Å². The van der Waals surface area contributed by atoms with Gasteiger partial charge in [0.2, 0.25) is 5.91 Å². The fourth-order valence-corrected chi connectivity index (χ4v) is 0.964. The highest BCUT2D eigenvalue weighted by molar-refractivity contribution is 5.75. The van der Waals surface area contributed by atoms with Crippen molar-refractivity contribution in [3.8, 4) is 0 Å². The van der Waals surface area contributed by atoms with Crippen LogP contribution in [0.4, 0.5) is 0 Å². The Morgan fingerprint density at radius 1 is 1.67 bits per heavy atom. The first kappa shape index (κ1) is 8.96. The molecule has 0 atom stereocenters. The van der Waals surface area contributed by atoms with E-state index in [0.29, 0.717) is 6.42 Å². The first-order valence-electron chi connectivity index (χ1n) is 3.74. The number of hydrogen-bond acceptors (Lipinski definition) is 3. The van der Waals surface area contributed by atoms with Crippen molar-refractivity contribution in [1.82, 2.24) is 5.32 Å². The maximum atomic E-state index is 10.6. The highest BCUT2D eigenvalue weighted by atomic mass is 16.1. The Balaban J connectivity index is 2.58. The first-order chi connectivity index (χ1) is 5.49. The summed E-state index contributed by atoms with van der Waals surface area (Å²) in [6, 6.07) is 0. The van der Waals surface area contributed by atoms with Crippen LogP contribution in [0.25, 0.3) is 0 Å². The van der Waals surface area contributed by atoms with Gasteiger partial charge in [-0.3, -0.25) is 4.79 Å². The van der Waals surface area contributed by atoms with Crippen LogP contribution in [0, 0.1) is 0 Å². The third kappa shape index (κ3) is 2.48. The highest BCUT2D eigenvalue weighted by Crippen LogP contribution is 2.11. The normalized spacial score (nSPS) is 20.1. The van der Waals surface area contributed by atoms with E-state index >= 15 is 0 Å². The van der Waals surface area contributed by atoms with Gasteiger partial charge in [0.05, 0.1) is 5.66 Å². The monoisotopic (exact) mass is 167 g/mol. The number of nitrogens with two attached hydrogens (primary N) is 2. The fraction of sp³-hybridized carbons (Fsp3) is 0.375. The molecule has 1 aliphatic carbocycles. The average molecular weight is 167 g/mol. The Bertz CT molecular complexity index is 253. The van der Waals surface area contributed by atoms with Crippen LogP contribution in [0.3, 0.4) is 0 Å². The van der Waals surface area contributed by atoms with Crippen molar-refractivity contribution in [1.29, 1.82) is 0 Å². The molecule has 0 aromatic heterocycles. The van der Waals surface area contributed by atoms with Crippen LogP contribution >= 0.6 is 0 Å². The lowest BCUT2D eigenvalue weighted by Crippen LogP contribution is -2.48. The molecule has 0 spiro atoms. The maximum absolute atomic E-state index is 10.6. The number of allylic oxidation sites excluding steroid dienone is 1. The molecule has 0 saturated heterocycles. The molecular weight excluding hydrogens is 154 g/mol. The van der Waals surface area contributed by atoms with Crippen LogP contribution in [0.5, 0.6) is 0 Å². The van der Waals surface area contributed by atoms with Crippen molar-refractivity contribution in [2.75, 3.05) is 0 Å². The Kier molecular flexibility index (Phi) is 2.30. The van der Waals surface area contributed by atoms with Gasteiger partial charge in [-0.2, -0.15) is 0 Å². The van der Waals surface area contributed by atoms with E-state index in [1.54, 1.807) is 18.2 Å². The van der Waals surface area contributed by atoms with E-state index in [-0.39, 0.29) is 5.91 Å². The molecule has 4 heteroatoms. The summed E-state index contributed by atoms with van der Waals surface area (Å²) in [5.74, 6) is -0.0903. The molecule has 0 unspecified atom stereocenters. The van der Waals surface area contributed by atoms with Gasteiger partial charge in [-0.25, -0.2) is 0 Å². The minimum Gasteiger partial charge on any atom is -0.327 e. The molecule has 4 nitrogen and oxygen atoms in total. The number of amides is 1. The van der Waals surface area contributed by atoms with Gasteiger partial charge in [0.1, 0.15) is 0 Å². The smallest absolute Gasteiger partial charge is 0.221 e. The number of rotatable bonds is 1. The first-order valence-corrected chi connectivity index (χ1v) is 3.74. The van der Waals surface area contributed by atoms with Gasteiger partial charge in [0, 0.05) is 19.0 Å². The number of hydrogen-bond donors (Lipinski definition) is 3. The fourth-order valence-electron chi connectivity index (χ4n) is 0.964. The van der Waals surface area contributed by atoms with Gasteiger partial charge < -0.3 is 16.8 Å². The molecule has 0 saturated carbocycles. The van der Waals surface area contributed by atoms with E-state index < -0.39 is 5.66 Å². The summed E-state index contributed by atoms with van der Waals surface area (Å²) in [4.78, 5) is 10.6. The van der Waals surface area contributed by atoms with Gasteiger partial charge in [0.15, 0.2) is 0 Å². The minimum absolute atomic E-state index is 0.0903. The molecule has 5 N–H and O–H groups in total. The molecule has 0 aromatic carbocycles. The van der Waals surface area contributed by atoms with Crippen LogP contribution in [0.1, 0.15) is 13.3 Å². The van der Waals surface area contributed by atoms with Crippen LogP contribution in [0.2, 0.25) is 0 Å². The molecule has 12 heavy (non-hydrogen) atoms. The van der Waals surface area contributed by atoms with Crippen LogP contribution in [-0.2, 0) is 4.79 Å². The van der Waals surface area contributed by atoms with E-state index in [1.807, 2.05) is 0 Å². The molecular formula is C8H13N3O. The second-order valence-electron chi connectivity index (χ2n) is 2.99. The topological polar surface area (TPSA) is 81.1 Å². The standard InChI is InChI=1S/C8H13N3O/c1-6(12)11-7-2-4-8(9,10)5-3-7/h2-4H,5,9-10H2,1H3,(H,11,12). The second kappa shape index (κ2) is 3.08. The van der Waals surface area contributed by atoms with Crippen molar-refractivity contribution in [2.24, 2.45) is 11.5 Å². The highest BCUT2D eigenvalue weighted by Gasteiger charge is 2.16. The summed E-state index contributed by atoms with van der Waals surface area (Å²) in [5, 5.41) is 2.64. The average Bonchev–Trinajstić information content (AvgIpc) is 1.93. The molecule has 0 bridgehead atoms. The molecule has 0 heterocycles. The number of carbonyl (C=O) groups excluding carboxylic acids is 1. The summed E-state index contributed by atoms with van der Waals surface area (Å²) in [6.07, 6.45) is 5.74. The third-order valence-corrected chi connectivity index (χ3v) is 1.57. The number of nitrogens with one attached hydrogen (secondary N) is 1. The Morgan fingerprint density at radius 2 is 2.33 bits per heavy atom. The molecule has 1 amide bonds. The molecule has 1 aliphatic rings. The molecule has 0 aliphatic heterocycles. The van der Waals surface area contributed by atoms with Gasteiger partial charge in [-0.05, 0) is 12.2 Å². The van der Waals surface area contributed by atoms with Crippen LogP contribution in [0.15, 0.2) is 23.9 Å². The zero-order valence-corrected chi connectivity index (χ0v) is 7.00. The van der Waals surface area contributed by atoms with Crippen molar-refractivity contribution < 1.29 is 4.79 Å². The summed E-state index contributed by atoms with van der Waals surface area (Å²) in [6.45, 7) is 1.46. The Hall–Kier alpha value is -1.13. The number of carbonyl (C=O) groups is 1. The van der Waals surface area contributed by atoms with Crippen molar-refractivity contribution in [2.45, 2.75) is 19.0 Å². The largest absolute Gasteiger partial charge is 0.327 e. The molecule has 0 fully saturated rings. The van der Waals surface area contributed by atoms with Crippen LogP contribution < -0.4 is 16.8 Å². The van der Waals surface area contributed by atoms with E-state index in [2.05, 4.69) is 5.32 Å². The zero-order valence-electron chi connectivity index (χ0n) is 7.00. The van der Waals surface area contributed by atoms with Crippen molar-refractivity contribution in [3.63, 3.8) is 0 Å². The van der Waals surface area contributed by atoms with Crippen LogP contribution in [-0.4, -0.2) is 11.6 Å². The summed E-state index contributed by atoms with van der Waals surface area (Å²) < 4.78 is 0. The quantitative estimate of drug-likeness (QED) is 0.464. The summed E-state index contributed by atoms with van der Waals surface area (Å²) >= 11 is 0. The molecule has 0 radical (unpaired) electrons. The Morgan fingerprint density at radius 3 is 2.75 bits per heavy atom. The lowest BCUT2D eigenvalue weighted by atomic mass is 10.0. The lowest BCUT2D eigenvalue weighted by molar-refractivity contribution is -0.118. The second-order valence-corrected chi connectivity index (χ2v) is 2.99. The molecule has 1 rings (SSSR count). The van der Waals surface area contributed by atoms with Crippen molar-refractivity contribution >= 4 is 5.91 Å². The summed E-state index contributed by atoms with van der Waals surface area (Å²) in [5.41, 5.74) is 11.2. The summed E-state index contributed by atoms with van der Waals surface area (Å²) in [7, 11) is 0. The predicted molar refractivity (Wildman–Crippen MR) is 46.8 cm³/mol. The minimum atomic E-state index is -0.762. The van der Waals surface area contributed by atoms with Gasteiger partial charge in [-0.15, -0.1) is 0 Å². The lowest BCUT2D eigenvalue weighted by Gasteiger charge is -2.22. The SMILES string of the molecule is CC(=O)NC1=CCC(N)(N)C=C1. The maximum Gasteiger partial charge on any atom is 0.221 e. The van der Waals surface area contributed by atoms with Gasteiger partial charge >= 0.3 is 0 Å². The Labute approximate surface area is 71.3 Å². The molecule has 66 valence electrons. The van der Waals surface area contributed by atoms with Gasteiger partial charge in [-0.1, -0.05) is 6.08 Å². The zero-order chi connectivity index (χ0) is 9.19. The van der Waals surface area contributed by atoms with E-state index in [0.717, 1.165) is 5.70 Å².